The number of hydrogen-bond acceptors (Lipinski definition) is 2. The first-order valence-electron chi connectivity index (χ1n) is 4.15. The van der Waals surface area contributed by atoms with E-state index in [4.69, 9.17) is 5.73 Å². The largest absolute Gasteiger partial charge is 0.323 e. The molecule has 0 unspecified atom stereocenters. The molecule has 0 aromatic carbocycles. The molecule has 1 atom stereocenters. The van der Waals surface area contributed by atoms with Gasteiger partial charge in [-0.15, -0.1) is 0 Å². The summed E-state index contributed by atoms with van der Waals surface area (Å²) in [5.74, 6) is 0. The summed E-state index contributed by atoms with van der Waals surface area (Å²) in [4.78, 5) is 0. The predicted molar refractivity (Wildman–Crippen MR) is 49.6 cm³/mol. The molecule has 1 aromatic heterocycles. The fourth-order valence-electron chi connectivity index (χ4n) is 1.10. The lowest BCUT2D eigenvalue weighted by molar-refractivity contribution is 0.327. The molecule has 0 saturated carbocycles. The minimum Gasteiger partial charge on any atom is -0.323 e. The molecule has 0 saturated heterocycles. The van der Waals surface area contributed by atoms with Crippen LogP contribution in [0.3, 0.4) is 0 Å². The van der Waals surface area contributed by atoms with Crippen LogP contribution in [0.4, 0.5) is 0 Å². The van der Waals surface area contributed by atoms with E-state index in [2.05, 4.69) is 25.9 Å². The zero-order valence-corrected chi connectivity index (χ0v) is 8.20. The van der Waals surface area contributed by atoms with E-state index in [1.54, 1.807) is 4.68 Å². The van der Waals surface area contributed by atoms with Crippen LogP contribution in [0, 0.1) is 5.41 Å². The lowest BCUT2D eigenvalue weighted by Crippen LogP contribution is -2.25. The topological polar surface area (TPSA) is 43.8 Å². The van der Waals surface area contributed by atoms with Gasteiger partial charge in [0.05, 0.1) is 6.20 Å². The molecular weight excluding hydrogens is 150 g/mol. The van der Waals surface area contributed by atoms with E-state index in [0.717, 1.165) is 5.56 Å². The molecule has 1 aromatic rings. The molecule has 0 aliphatic heterocycles. The highest BCUT2D eigenvalue weighted by atomic mass is 15.2. The Morgan fingerprint density at radius 3 is 2.42 bits per heavy atom. The lowest BCUT2D eigenvalue weighted by atomic mass is 9.84. The van der Waals surface area contributed by atoms with Crippen molar-refractivity contribution in [2.45, 2.75) is 26.8 Å². The van der Waals surface area contributed by atoms with Crippen LogP contribution in [0.25, 0.3) is 0 Å². The van der Waals surface area contributed by atoms with Gasteiger partial charge in [-0.2, -0.15) is 5.10 Å². The molecular formula is C9H17N3. The highest BCUT2D eigenvalue weighted by molar-refractivity contribution is 5.12. The highest BCUT2D eigenvalue weighted by Gasteiger charge is 2.22. The fourth-order valence-corrected chi connectivity index (χ4v) is 1.10. The fraction of sp³-hybridized carbons (Fsp3) is 0.667. The molecule has 0 amide bonds. The van der Waals surface area contributed by atoms with Crippen LogP contribution >= 0.6 is 0 Å². The van der Waals surface area contributed by atoms with Gasteiger partial charge in [0.1, 0.15) is 0 Å². The Labute approximate surface area is 73.6 Å². The van der Waals surface area contributed by atoms with E-state index in [1.807, 2.05) is 19.4 Å². The van der Waals surface area contributed by atoms with Gasteiger partial charge >= 0.3 is 0 Å². The first-order chi connectivity index (χ1) is 5.41. The maximum Gasteiger partial charge on any atom is 0.0537 e. The van der Waals surface area contributed by atoms with E-state index in [9.17, 15) is 0 Å². The normalized spacial score (nSPS) is 14.8. The van der Waals surface area contributed by atoms with E-state index in [-0.39, 0.29) is 11.5 Å². The van der Waals surface area contributed by atoms with Gasteiger partial charge in [-0.1, -0.05) is 20.8 Å². The number of rotatable bonds is 1. The van der Waals surface area contributed by atoms with E-state index in [1.165, 1.54) is 0 Å². The second-order valence-corrected chi connectivity index (χ2v) is 4.29. The Bertz CT molecular complexity index is 257. The Hall–Kier alpha value is -0.830. The minimum atomic E-state index is 0.0613. The molecule has 68 valence electrons. The van der Waals surface area contributed by atoms with Crippen LogP contribution in [0.5, 0.6) is 0 Å². The Kier molecular flexibility index (Phi) is 2.24. The Morgan fingerprint density at radius 2 is 2.08 bits per heavy atom. The first-order valence-corrected chi connectivity index (χ1v) is 4.15. The smallest absolute Gasteiger partial charge is 0.0537 e. The number of nitrogens with two attached hydrogens (primary N) is 1. The van der Waals surface area contributed by atoms with Crippen molar-refractivity contribution >= 4 is 0 Å². The Morgan fingerprint density at radius 1 is 1.50 bits per heavy atom. The Balaban J connectivity index is 2.85. The van der Waals surface area contributed by atoms with Crippen LogP contribution in [-0.4, -0.2) is 9.78 Å². The van der Waals surface area contributed by atoms with E-state index >= 15 is 0 Å². The van der Waals surface area contributed by atoms with Crippen molar-refractivity contribution in [3.05, 3.63) is 18.0 Å². The molecule has 2 N–H and O–H groups in total. The average Bonchev–Trinajstić information content (AvgIpc) is 2.32. The van der Waals surface area contributed by atoms with Gasteiger partial charge in [-0.05, 0) is 5.41 Å². The van der Waals surface area contributed by atoms with Crippen molar-refractivity contribution in [3.63, 3.8) is 0 Å². The standard InChI is InChI=1S/C9H17N3/c1-9(2,3)8(10)7-5-11-12(4)6-7/h5-6,8H,10H2,1-4H3/t8-/m1/s1. The van der Waals surface area contributed by atoms with Gasteiger partial charge in [0.2, 0.25) is 0 Å². The summed E-state index contributed by atoms with van der Waals surface area (Å²) < 4.78 is 1.78. The minimum absolute atomic E-state index is 0.0613. The number of hydrogen-bond donors (Lipinski definition) is 1. The van der Waals surface area contributed by atoms with Crippen molar-refractivity contribution in [2.75, 3.05) is 0 Å². The quantitative estimate of drug-likeness (QED) is 0.688. The van der Waals surface area contributed by atoms with E-state index < -0.39 is 0 Å². The van der Waals surface area contributed by atoms with Gasteiger partial charge in [-0.25, -0.2) is 0 Å². The highest BCUT2D eigenvalue weighted by Crippen LogP contribution is 2.29. The van der Waals surface area contributed by atoms with Crippen molar-refractivity contribution in [2.24, 2.45) is 18.2 Å². The summed E-state index contributed by atoms with van der Waals surface area (Å²) in [5, 5.41) is 4.09. The third kappa shape index (κ3) is 1.85. The maximum absolute atomic E-state index is 6.03. The van der Waals surface area contributed by atoms with Crippen molar-refractivity contribution in [1.29, 1.82) is 0 Å². The monoisotopic (exact) mass is 167 g/mol. The van der Waals surface area contributed by atoms with E-state index in [0.29, 0.717) is 0 Å². The second kappa shape index (κ2) is 2.90. The maximum atomic E-state index is 6.03. The molecule has 1 heterocycles. The van der Waals surface area contributed by atoms with Gasteiger partial charge in [-0.3, -0.25) is 4.68 Å². The molecule has 3 heteroatoms. The number of nitrogens with zero attached hydrogens (tertiary/aromatic N) is 2. The average molecular weight is 167 g/mol. The van der Waals surface area contributed by atoms with Gasteiger partial charge < -0.3 is 5.73 Å². The summed E-state index contributed by atoms with van der Waals surface area (Å²) in [6, 6.07) is 0.0613. The summed E-state index contributed by atoms with van der Waals surface area (Å²) in [6.07, 6.45) is 3.80. The molecule has 0 aliphatic rings. The van der Waals surface area contributed by atoms with Crippen molar-refractivity contribution < 1.29 is 0 Å². The summed E-state index contributed by atoms with van der Waals surface area (Å²) >= 11 is 0. The third-order valence-electron chi connectivity index (χ3n) is 2.02. The molecule has 0 bridgehead atoms. The second-order valence-electron chi connectivity index (χ2n) is 4.29. The van der Waals surface area contributed by atoms with Crippen LogP contribution in [0.2, 0.25) is 0 Å². The molecule has 0 spiro atoms. The molecule has 1 rings (SSSR count). The van der Waals surface area contributed by atoms with Crippen LogP contribution in [0.1, 0.15) is 32.4 Å². The SMILES string of the molecule is Cn1cc([C@@H](N)C(C)(C)C)cn1. The van der Waals surface area contributed by atoms with Crippen molar-refractivity contribution in [1.82, 2.24) is 9.78 Å². The molecule has 0 aliphatic carbocycles. The third-order valence-corrected chi connectivity index (χ3v) is 2.02. The van der Waals surface area contributed by atoms with Gasteiger partial charge in [0, 0.05) is 24.8 Å². The molecule has 0 radical (unpaired) electrons. The first kappa shape index (κ1) is 9.26. The summed E-state index contributed by atoms with van der Waals surface area (Å²) in [7, 11) is 1.90. The predicted octanol–water partition coefficient (Wildman–Crippen LogP) is 1.47. The molecule has 12 heavy (non-hydrogen) atoms. The summed E-state index contributed by atoms with van der Waals surface area (Å²) in [6.45, 7) is 6.39. The lowest BCUT2D eigenvalue weighted by Gasteiger charge is -2.25. The number of aromatic nitrogens is 2. The zero-order valence-electron chi connectivity index (χ0n) is 8.20. The van der Waals surface area contributed by atoms with Gasteiger partial charge in [0.15, 0.2) is 0 Å². The van der Waals surface area contributed by atoms with Crippen LogP contribution in [0.15, 0.2) is 12.4 Å². The molecule has 3 nitrogen and oxygen atoms in total. The van der Waals surface area contributed by atoms with Crippen molar-refractivity contribution in [3.8, 4) is 0 Å². The number of aryl methyl sites for hydroxylation is 1. The van der Waals surface area contributed by atoms with Gasteiger partial charge in [0.25, 0.3) is 0 Å². The molecule has 0 fully saturated rings. The summed E-state index contributed by atoms with van der Waals surface area (Å²) in [5.41, 5.74) is 7.23. The zero-order chi connectivity index (χ0) is 9.35. The van der Waals surface area contributed by atoms with Crippen LogP contribution < -0.4 is 5.73 Å². The van der Waals surface area contributed by atoms with Crippen LogP contribution in [-0.2, 0) is 7.05 Å².